The lowest BCUT2D eigenvalue weighted by molar-refractivity contribution is 0.153. The predicted octanol–water partition coefficient (Wildman–Crippen LogP) is 2.12. The van der Waals surface area contributed by atoms with E-state index >= 15 is 0 Å². The Balaban J connectivity index is 1.66. The van der Waals surface area contributed by atoms with Crippen molar-refractivity contribution in [2.45, 2.75) is 57.4 Å². The minimum atomic E-state index is 0.420. The van der Waals surface area contributed by atoms with Gasteiger partial charge in [-0.1, -0.05) is 5.16 Å². The van der Waals surface area contributed by atoms with E-state index in [1.54, 1.807) is 0 Å². The minimum Gasteiger partial charge on any atom is -0.339 e. The lowest BCUT2D eigenvalue weighted by atomic mass is 9.96. The standard InChI is InChI=1S/C15H26N4O/c1-11(2)19-8-4-6-13(10-19)15-17-14(18-20-15)12-5-3-7-16-9-12/h11-13,16H,3-10H2,1-2H3. The summed E-state index contributed by atoms with van der Waals surface area (Å²) in [7, 11) is 0. The molecule has 1 aromatic rings. The van der Waals surface area contributed by atoms with E-state index in [9.17, 15) is 0 Å². The van der Waals surface area contributed by atoms with Crippen LogP contribution < -0.4 is 5.32 Å². The van der Waals surface area contributed by atoms with E-state index in [4.69, 9.17) is 9.51 Å². The number of nitrogens with one attached hydrogen (secondary N) is 1. The lowest BCUT2D eigenvalue weighted by Crippen LogP contribution is -2.39. The van der Waals surface area contributed by atoms with Crippen molar-refractivity contribution in [3.05, 3.63) is 11.7 Å². The molecule has 112 valence electrons. The van der Waals surface area contributed by atoms with Crippen molar-refractivity contribution in [3.8, 4) is 0 Å². The van der Waals surface area contributed by atoms with Gasteiger partial charge in [0.25, 0.3) is 0 Å². The van der Waals surface area contributed by atoms with Crippen LogP contribution in [-0.4, -0.2) is 47.3 Å². The number of nitrogens with zero attached hydrogens (tertiary/aromatic N) is 3. The fourth-order valence-electron chi connectivity index (χ4n) is 3.33. The number of piperidine rings is 2. The van der Waals surface area contributed by atoms with E-state index < -0.39 is 0 Å². The zero-order valence-electron chi connectivity index (χ0n) is 12.6. The van der Waals surface area contributed by atoms with Crippen molar-refractivity contribution >= 4 is 0 Å². The molecule has 5 heteroatoms. The zero-order chi connectivity index (χ0) is 13.9. The summed E-state index contributed by atoms with van der Waals surface area (Å²) in [4.78, 5) is 7.22. The van der Waals surface area contributed by atoms with Crippen LogP contribution in [0, 0.1) is 0 Å². The molecule has 0 aliphatic carbocycles. The third-order valence-electron chi connectivity index (χ3n) is 4.65. The average molecular weight is 278 g/mol. The molecule has 1 N–H and O–H groups in total. The Morgan fingerprint density at radius 1 is 1.25 bits per heavy atom. The first-order valence-electron chi connectivity index (χ1n) is 8.02. The van der Waals surface area contributed by atoms with Crippen LogP contribution in [0.2, 0.25) is 0 Å². The third-order valence-corrected chi connectivity index (χ3v) is 4.65. The van der Waals surface area contributed by atoms with E-state index in [1.807, 2.05) is 0 Å². The molecule has 3 rings (SSSR count). The molecule has 2 unspecified atom stereocenters. The monoisotopic (exact) mass is 278 g/mol. The normalized spacial score (nSPS) is 28.9. The van der Waals surface area contributed by atoms with Crippen molar-refractivity contribution in [1.29, 1.82) is 0 Å². The van der Waals surface area contributed by atoms with Gasteiger partial charge in [-0.25, -0.2) is 0 Å². The smallest absolute Gasteiger partial charge is 0.231 e. The van der Waals surface area contributed by atoms with Gasteiger partial charge in [-0.2, -0.15) is 4.98 Å². The second kappa shape index (κ2) is 6.22. The largest absolute Gasteiger partial charge is 0.339 e. The van der Waals surface area contributed by atoms with Crippen LogP contribution in [-0.2, 0) is 0 Å². The van der Waals surface area contributed by atoms with Crippen molar-refractivity contribution in [2.24, 2.45) is 0 Å². The molecule has 2 aliphatic heterocycles. The summed E-state index contributed by atoms with van der Waals surface area (Å²) in [5, 5.41) is 7.65. The van der Waals surface area contributed by atoms with Crippen LogP contribution in [0.1, 0.15) is 63.1 Å². The molecule has 0 amide bonds. The number of rotatable bonds is 3. The van der Waals surface area contributed by atoms with Gasteiger partial charge in [-0.3, -0.25) is 0 Å². The van der Waals surface area contributed by atoms with Gasteiger partial charge < -0.3 is 14.7 Å². The SMILES string of the molecule is CC(C)N1CCCC(c2nc(C3CCCNC3)no2)C1. The highest BCUT2D eigenvalue weighted by atomic mass is 16.5. The van der Waals surface area contributed by atoms with Crippen LogP contribution in [0.15, 0.2) is 4.52 Å². The van der Waals surface area contributed by atoms with E-state index in [0.29, 0.717) is 17.9 Å². The molecular weight excluding hydrogens is 252 g/mol. The predicted molar refractivity (Wildman–Crippen MR) is 77.8 cm³/mol. The highest BCUT2D eigenvalue weighted by Crippen LogP contribution is 2.28. The van der Waals surface area contributed by atoms with Gasteiger partial charge in [0.05, 0.1) is 5.92 Å². The van der Waals surface area contributed by atoms with Gasteiger partial charge in [0.15, 0.2) is 5.82 Å². The maximum Gasteiger partial charge on any atom is 0.231 e. The van der Waals surface area contributed by atoms with Crippen molar-refractivity contribution in [2.75, 3.05) is 26.2 Å². The summed E-state index contributed by atoms with van der Waals surface area (Å²) < 4.78 is 5.57. The summed E-state index contributed by atoms with van der Waals surface area (Å²) in [6, 6.07) is 0.600. The first kappa shape index (κ1) is 14.0. The van der Waals surface area contributed by atoms with Gasteiger partial charge in [-0.05, 0) is 52.6 Å². The lowest BCUT2D eigenvalue weighted by Gasteiger charge is -2.33. The van der Waals surface area contributed by atoms with Crippen LogP contribution in [0.25, 0.3) is 0 Å². The number of aromatic nitrogens is 2. The van der Waals surface area contributed by atoms with Crippen LogP contribution in [0.4, 0.5) is 0 Å². The van der Waals surface area contributed by atoms with Gasteiger partial charge in [0.2, 0.25) is 5.89 Å². The number of hydrogen-bond donors (Lipinski definition) is 1. The fraction of sp³-hybridized carbons (Fsp3) is 0.867. The maximum absolute atomic E-state index is 5.57. The molecule has 0 aromatic carbocycles. The summed E-state index contributed by atoms with van der Waals surface area (Å²) in [6.07, 6.45) is 4.78. The van der Waals surface area contributed by atoms with Crippen molar-refractivity contribution in [1.82, 2.24) is 20.4 Å². The minimum absolute atomic E-state index is 0.420. The quantitative estimate of drug-likeness (QED) is 0.918. The van der Waals surface area contributed by atoms with Gasteiger partial charge in [0, 0.05) is 25.0 Å². The molecule has 2 aliphatic rings. The van der Waals surface area contributed by atoms with Crippen molar-refractivity contribution < 1.29 is 4.52 Å². The first-order valence-corrected chi connectivity index (χ1v) is 8.02. The molecule has 2 fully saturated rings. The van der Waals surface area contributed by atoms with Crippen LogP contribution in [0.5, 0.6) is 0 Å². The molecule has 5 nitrogen and oxygen atoms in total. The van der Waals surface area contributed by atoms with Gasteiger partial charge in [-0.15, -0.1) is 0 Å². The average Bonchev–Trinajstić information content (AvgIpc) is 2.98. The van der Waals surface area contributed by atoms with E-state index in [2.05, 4.69) is 29.2 Å². The molecule has 0 spiro atoms. The van der Waals surface area contributed by atoms with Gasteiger partial charge in [0.1, 0.15) is 0 Å². The molecule has 2 atom stereocenters. The molecule has 1 aromatic heterocycles. The fourth-order valence-corrected chi connectivity index (χ4v) is 3.33. The summed E-state index contributed by atoms with van der Waals surface area (Å²) in [5.74, 6) is 2.62. The van der Waals surface area contributed by atoms with E-state index in [-0.39, 0.29) is 0 Å². The van der Waals surface area contributed by atoms with Crippen molar-refractivity contribution in [3.63, 3.8) is 0 Å². The maximum atomic E-state index is 5.57. The number of hydrogen-bond acceptors (Lipinski definition) is 5. The summed E-state index contributed by atoms with van der Waals surface area (Å²) in [5.41, 5.74) is 0. The summed E-state index contributed by atoms with van der Waals surface area (Å²) in [6.45, 7) is 8.88. The Morgan fingerprint density at radius 2 is 2.10 bits per heavy atom. The van der Waals surface area contributed by atoms with E-state index in [0.717, 1.165) is 31.3 Å². The molecular formula is C15H26N4O. The highest BCUT2D eigenvalue weighted by molar-refractivity contribution is 5.02. The Labute approximate surface area is 121 Å². The first-order chi connectivity index (χ1) is 9.74. The second-order valence-electron chi connectivity index (χ2n) is 6.46. The Bertz CT molecular complexity index is 425. The molecule has 20 heavy (non-hydrogen) atoms. The third kappa shape index (κ3) is 3.04. The molecule has 2 saturated heterocycles. The Morgan fingerprint density at radius 3 is 2.85 bits per heavy atom. The highest BCUT2D eigenvalue weighted by Gasteiger charge is 2.28. The Hall–Kier alpha value is -0.940. The molecule has 3 heterocycles. The van der Waals surface area contributed by atoms with Crippen LogP contribution in [0.3, 0.4) is 0 Å². The topological polar surface area (TPSA) is 54.2 Å². The zero-order valence-corrected chi connectivity index (χ0v) is 12.6. The molecule has 0 radical (unpaired) electrons. The number of likely N-dealkylation sites (tertiary alicyclic amines) is 1. The Kier molecular flexibility index (Phi) is 4.36. The summed E-state index contributed by atoms with van der Waals surface area (Å²) >= 11 is 0. The molecule has 0 bridgehead atoms. The molecule has 0 saturated carbocycles. The van der Waals surface area contributed by atoms with E-state index in [1.165, 1.54) is 32.2 Å². The van der Waals surface area contributed by atoms with Crippen LogP contribution >= 0.6 is 0 Å². The van der Waals surface area contributed by atoms with Gasteiger partial charge >= 0.3 is 0 Å². The second-order valence-corrected chi connectivity index (χ2v) is 6.46.